The Bertz CT molecular complexity index is 1400. The maximum Gasteiger partial charge on any atom is 0.225 e. The first-order valence-corrected chi connectivity index (χ1v) is 12.7. The Balaban J connectivity index is 1.26. The summed E-state index contributed by atoms with van der Waals surface area (Å²) >= 11 is 1.63. The molecule has 4 aromatic rings. The van der Waals surface area contributed by atoms with Gasteiger partial charge in [-0.05, 0) is 37.6 Å². The van der Waals surface area contributed by atoms with Crippen LogP contribution >= 0.6 is 11.3 Å². The van der Waals surface area contributed by atoms with Crippen LogP contribution in [0.2, 0.25) is 0 Å². The summed E-state index contributed by atoms with van der Waals surface area (Å²) in [6, 6.07) is 7.80. The number of nitrogens with zero attached hydrogens (tertiary/aromatic N) is 6. The number of anilines is 1. The van der Waals surface area contributed by atoms with E-state index in [1.54, 1.807) is 42.8 Å². The van der Waals surface area contributed by atoms with Gasteiger partial charge in [-0.1, -0.05) is 12.1 Å². The fraction of sp³-hybridized carbons (Fsp3) is 0.269. The molecular formula is C26H27FN8OS. The highest BCUT2D eigenvalue weighted by Gasteiger charge is 2.28. The molecule has 0 amide bonds. The summed E-state index contributed by atoms with van der Waals surface area (Å²) in [6.07, 6.45) is 8.09. The van der Waals surface area contributed by atoms with Crippen LogP contribution < -0.4 is 4.90 Å². The minimum absolute atomic E-state index is 0.356. The summed E-state index contributed by atoms with van der Waals surface area (Å²) in [7, 11) is 0. The molecule has 0 bridgehead atoms. The zero-order chi connectivity index (χ0) is 26.0. The Morgan fingerprint density at radius 3 is 2.43 bits per heavy atom. The molecule has 37 heavy (non-hydrogen) atoms. The summed E-state index contributed by atoms with van der Waals surface area (Å²) in [5.74, 6) is 0.936. The van der Waals surface area contributed by atoms with Crippen LogP contribution in [0.4, 0.5) is 10.3 Å². The summed E-state index contributed by atoms with van der Waals surface area (Å²) in [5, 5.41) is 19.6. The Labute approximate surface area is 217 Å². The fourth-order valence-electron chi connectivity index (χ4n) is 4.34. The van der Waals surface area contributed by atoms with Crippen LogP contribution in [0, 0.1) is 18.2 Å². The van der Waals surface area contributed by atoms with Crippen LogP contribution in [0.1, 0.15) is 28.8 Å². The van der Waals surface area contributed by atoms with Gasteiger partial charge in [-0.15, -0.1) is 11.3 Å². The molecular weight excluding hydrogens is 491 g/mol. The van der Waals surface area contributed by atoms with E-state index in [9.17, 15) is 9.50 Å². The lowest BCUT2D eigenvalue weighted by molar-refractivity contribution is 0.101. The van der Waals surface area contributed by atoms with Gasteiger partial charge >= 0.3 is 0 Å². The number of aliphatic imine (C=N–C) groups is 1. The Morgan fingerprint density at radius 1 is 1.11 bits per heavy atom. The lowest BCUT2D eigenvalue weighted by atomic mass is 9.90. The molecule has 190 valence electrons. The van der Waals surface area contributed by atoms with Crippen LogP contribution in [0.25, 0.3) is 10.4 Å². The number of amidine groups is 1. The first kappa shape index (κ1) is 24.7. The molecule has 1 aliphatic rings. The number of nitrogens with one attached hydrogen (secondary N) is 2. The van der Waals surface area contributed by atoms with E-state index in [0.717, 1.165) is 27.5 Å². The minimum Gasteiger partial charge on any atom is -0.381 e. The molecule has 3 aromatic heterocycles. The van der Waals surface area contributed by atoms with Crippen LogP contribution in [0.5, 0.6) is 0 Å². The van der Waals surface area contributed by atoms with E-state index in [4.69, 9.17) is 5.41 Å². The lowest BCUT2D eigenvalue weighted by Gasteiger charge is -2.36. The average Bonchev–Trinajstić information content (AvgIpc) is 3.57. The number of aryl methyl sites for hydroxylation is 1. The SMILES string of the molecule is Cc1ncc(-c2c[nH]c(/C(=N\C=N)N3CCN(c4ncc([C@](C)(O)c5ccc(F)cc5)cn4)CC3)c2)s1. The second-order valence-corrected chi connectivity index (χ2v) is 10.2. The van der Waals surface area contributed by atoms with Gasteiger partial charge in [0.15, 0.2) is 5.84 Å². The summed E-state index contributed by atoms with van der Waals surface area (Å²) in [5.41, 5.74) is 1.65. The quantitative estimate of drug-likeness (QED) is 0.264. The zero-order valence-corrected chi connectivity index (χ0v) is 21.3. The largest absolute Gasteiger partial charge is 0.381 e. The number of thiazole rings is 1. The predicted molar refractivity (Wildman–Crippen MR) is 143 cm³/mol. The van der Waals surface area contributed by atoms with Crippen molar-refractivity contribution in [2.75, 3.05) is 31.1 Å². The monoisotopic (exact) mass is 518 g/mol. The molecule has 9 nitrogen and oxygen atoms in total. The van der Waals surface area contributed by atoms with Crippen molar-refractivity contribution >= 4 is 29.5 Å². The maximum atomic E-state index is 13.3. The smallest absolute Gasteiger partial charge is 0.225 e. The van der Waals surface area contributed by atoms with Gasteiger partial charge in [0, 0.05) is 62.1 Å². The van der Waals surface area contributed by atoms with Gasteiger partial charge in [0.05, 0.1) is 15.6 Å². The molecule has 1 aliphatic heterocycles. The summed E-state index contributed by atoms with van der Waals surface area (Å²) in [4.78, 5) is 26.3. The van der Waals surface area contributed by atoms with Gasteiger partial charge in [-0.3, -0.25) is 5.41 Å². The van der Waals surface area contributed by atoms with Crippen molar-refractivity contribution in [3.63, 3.8) is 0 Å². The molecule has 0 spiro atoms. The number of aromatic nitrogens is 4. The van der Waals surface area contributed by atoms with Crippen molar-refractivity contribution in [2.45, 2.75) is 19.4 Å². The molecule has 0 unspecified atom stereocenters. The van der Waals surface area contributed by atoms with E-state index >= 15 is 0 Å². The van der Waals surface area contributed by atoms with Crippen molar-refractivity contribution in [1.82, 2.24) is 24.8 Å². The van der Waals surface area contributed by atoms with E-state index in [-0.39, 0.29) is 5.82 Å². The van der Waals surface area contributed by atoms with Gasteiger partial charge in [-0.2, -0.15) is 0 Å². The molecule has 1 fully saturated rings. The Morgan fingerprint density at radius 2 is 1.81 bits per heavy atom. The Kier molecular flexibility index (Phi) is 6.81. The van der Waals surface area contributed by atoms with E-state index in [1.165, 1.54) is 12.1 Å². The first-order valence-electron chi connectivity index (χ1n) is 11.8. The predicted octanol–water partition coefficient (Wildman–Crippen LogP) is 3.81. The number of halogens is 1. The van der Waals surface area contributed by atoms with E-state index in [2.05, 4.69) is 34.7 Å². The van der Waals surface area contributed by atoms with Crippen LogP contribution in [-0.2, 0) is 5.60 Å². The molecule has 1 atom stereocenters. The Hall–Kier alpha value is -3.96. The van der Waals surface area contributed by atoms with Crippen LogP contribution in [0.15, 0.2) is 60.1 Å². The van der Waals surface area contributed by atoms with Crippen molar-refractivity contribution < 1.29 is 9.50 Å². The molecule has 4 heterocycles. The molecule has 0 aliphatic carbocycles. The van der Waals surface area contributed by atoms with E-state index in [1.807, 2.05) is 25.4 Å². The summed E-state index contributed by atoms with van der Waals surface area (Å²) in [6.45, 7) is 6.33. The third kappa shape index (κ3) is 5.13. The third-order valence-corrected chi connectivity index (χ3v) is 7.45. The molecule has 11 heteroatoms. The standard InChI is InChI=1S/C26H27FN8OS/c1-17-29-15-23(37-17)18-11-22(30-12-18)24(33-16-28)34-7-9-35(10-8-34)25-31-13-20(14-32-25)26(2,36)19-3-5-21(27)6-4-19/h3-6,11-16,28,30,36H,7-10H2,1-2H3/b28-16?,33-24+/t26-/m1/s1. The number of aliphatic hydroxyl groups is 1. The molecule has 5 rings (SSSR count). The topological polar surface area (TPSA) is 117 Å². The van der Waals surface area contributed by atoms with Crippen molar-refractivity contribution in [3.05, 3.63) is 82.8 Å². The lowest BCUT2D eigenvalue weighted by Crippen LogP contribution is -2.49. The second-order valence-electron chi connectivity index (χ2n) is 8.95. The second kappa shape index (κ2) is 10.2. The van der Waals surface area contributed by atoms with Gasteiger partial charge in [0.2, 0.25) is 5.95 Å². The van der Waals surface area contributed by atoms with Gasteiger partial charge in [0.25, 0.3) is 0 Å². The summed E-state index contributed by atoms with van der Waals surface area (Å²) < 4.78 is 13.3. The number of H-pyrrole nitrogens is 1. The van der Waals surface area contributed by atoms with Crippen molar-refractivity contribution in [2.24, 2.45) is 4.99 Å². The number of aromatic amines is 1. The van der Waals surface area contributed by atoms with Gasteiger partial charge in [-0.25, -0.2) is 24.3 Å². The van der Waals surface area contributed by atoms with E-state index < -0.39 is 5.60 Å². The molecule has 1 aromatic carbocycles. The number of benzene rings is 1. The van der Waals surface area contributed by atoms with Gasteiger partial charge in [0.1, 0.15) is 17.8 Å². The normalized spacial score (nSPS) is 16.1. The maximum absolute atomic E-state index is 13.3. The third-order valence-electron chi connectivity index (χ3n) is 6.49. The number of hydrogen-bond acceptors (Lipinski definition) is 7. The molecule has 3 N–H and O–H groups in total. The first-order chi connectivity index (χ1) is 17.8. The zero-order valence-electron chi connectivity index (χ0n) is 20.5. The molecule has 1 saturated heterocycles. The van der Waals surface area contributed by atoms with Crippen molar-refractivity contribution in [1.29, 1.82) is 5.41 Å². The van der Waals surface area contributed by atoms with Crippen LogP contribution in [-0.4, -0.2) is 68.3 Å². The fourth-order valence-corrected chi connectivity index (χ4v) is 5.10. The number of piperazine rings is 1. The van der Waals surface area contributed by atoms with Gasteiger partial charge < -0.3 is 19.9 Å². The minimum atomic E-state index is -1.34. The highest BCUT2D eigenvalue weighted by Crippen LogP contribution is 2.29. The van der Waals surface area contributed by atoms with E-state index in [0.29, 0.717) is 49.1 Å². The van der Waals surface area contributed by atoms with Crippen molar-refractivity contribution in [3.8, 4) is 10.4 Å². The molecule has 0 radical (unpaired) electrons. The number of rotatable bonds is 6. The van der Waals surface area contributed by atoms with Crippen LogP contribution in [0.3, 0.4) is 0 Å². The average molecular weight is 519 g/mol. The number of hydrogen-bond donors (Lipinski definition) is 3. The molecule has 0 saturated carbocycles. The highest BCUT2D eigenvalue weighted by molar-refractivity contribution is 7.15. The highest BCUT2D eigenvalue weighted by atomic mass is 32.1.